The number of rotatable bonds is 6. The summed E-state index contributed by atoms with van der Waals surface area (Å²) in [6, 6.07) is 9.71. The van der Waals surface area contributed by atoms with E-state index >= 15 is 0 Å². The van der Waals surface area contributed by atoms with Gasteiger partial charge in [0, 0.05) is 20.3 Å². The highest BCUT2D eigenvalue weighted by molar-refractivity contribution is 5.67. The number of carbonyl (C=O) groups excluding carboxylic acids is 2. The first-order valence-electron chi connectivity index (χ1n) is 6.55. The molecule has 2 unspecified atom stereocenters. The lowest BCUT2D eigenvalue weighted by molar-refractivity contribution is -0.149. The number of hydrogen-bond donors (Lipinski definition) is 0. The summed E-state index contributed by atoms with van der Waals surface area (Å²) in [5.74, 6) is -0.700. The van der Waals surface area contributed by atoms with Crippen molar-refractivity contribution in [1.29, 1.82) is 0 Å². The summed E-state index contributed by atoms with van der Waals surface area (Å²) < 4.78 is 10.3. The number of hydrogen-bond acceptors (Lipinski definition) is 4. The molecule has 0 saturated carbocycles. The molecule has 0 fully saturated rings. The van der Waals surface area contributed by atoms with Gasteiger partial charge in [0.05, 0.1) is 0 Å². The molecule has 0 N–H and O–H groups in total. The van der Waals surface area contributed by atoms with Crippen LogP contribution in [-0.2, 0) is 19.1 Å². The van der Waals surface area contributed by atoms with E-state index in [0.29, 0.717) is 6.42 Å². The Hall–Kier alpha value is -2.10. The van der Waals surface area contributed by atoms with Crippen molar-refractivity contribution in [3.05, 3.63) is 42.0 Å². The molecular formula is C16H20O4. The lowest BCUT2D eigenvalue weighted by atomic mass is 10.1. The van der Waals surface area contributed by atoms with Gasteiger partial charge in [0.15, 0.2) is 0 Å². The van der Waals surface area contributed by atoms with Crippen molar-refractivity contribution in [2.45, 2.75) is 39.4 Å². The van der Waals surface area contributed by atoms with Crippen LogP contribution in [0.25, 0.3) is 6.08 Å². The van der Waals surface area contributed by atoms with Crippen molar-refractivity contribution in [3.63, 3.8) is 0 Å². The molecule has 0 amide bonds. The highest BCUT2D eigenvalue weighted by Crippen LogP contribution is 2.11. The molecule has 0 bridgehead atoms. The monoisotopic (exact) mass is 276 g/mol. The molecule has 1 aromatic carbocycles. The standard InChI is InChI=1S/C16H20O4/c1-12(19-13(2)17)11-16(20-14(3)18)10-9-15-7-5-4-6-8-15/h4-10,12,16H,11H2,1-3H3/b10-9+. The molecule has 0 aliphatic heterocycles. The zero-order valence-corrected chi connectivity index (χ0v) is 12.0. The van der Waals surface area contributed by atoms with E-state index in [4.69, 9.17) is 9.47 Å². The van der Waals surface area contributed by atoms with Crippen LogP contribution < -0.4 is 0 Å². The zero-order valence-electron chi connectivity index (χ0n) is 12.0. The highest BCUT2D eigenvalue weighted by atomic mass is 16.6. The Balaban J connectivity index is 2.66. The van der Waals surface area contributed by atoms with Gasteiger partial charge in [-0.2, -0.15) is 0 Å². The van der Waals surface area contributed by atoms with Crippen LogP contribution in [-0.4, -0.2) is 24.1 Å². The quantitative estimate of drug-likeness (QED) is 0.749. The second kappa shape index (κ2) is 8.15. The van der Waals surface area contributed by atoms with Gasteiger partial charge in [0.2, 0.25) is 0 Å². The predicted molar refractivity (Wildman–Crippen MR) is 76.9 cm³/mol. The first kappa shape index (κ1) is 16.0. The van der Waals surface area contributed by atoms with E-state index in [2.05, 4.69) is 0 Å². The van der Waals surface area contributed by atoms with Gasteiger partial charge in [-0.25, -0.2) is 0 Å². The number of benzene rings is 1. The average Bonchev–Trinajstić information content (AvgIpc) is 2.35. The topological polar surface area (TPSA) is 52.6 Å². The van der Waals surface area contributed by atoms with Crippen molar-refractivity contribution in [2.75, 3.05) is 0 Å². The van der Waals surface area contributed by atoms with E-state index in [1.807, 2.05) is 36.4 Å². The summed E-state index contributed by atoms with van der Waals surface area (Å²) in [6.07, 6.45) is 3.40. The van der Waals surface area contributed by atoms with Crippen molar-refractivity contribution >= 4 is 18.0 Å². The minimum atomic E-state index is -0.415. The minimum Gasteiger partial charge on any atom is -0.463 e. The number of ether oxygens (including phenoxy) is 2. The first-order chi connectivity index (χ1) is 9.47. The van der Waals surface area contributed by atoms with Crippen molar-refractivity contribution in [3.8, 4) is 0 Å². The normalized spacial score (nSPS) is 13.8. The van der Waals surface area contributed by atoms with Gasteiger partial charge in [0.25, 0.3) is 0 Å². The van der Waals surface area contributed by atoms with Crippen LogP contribution in [0.5, 0.6) is 0 Å². The van der Waals surface area contributed by atoms with Crippen LogP contribution in [0, 0.1) is 0 Å². The molecule has 108 valence electrons. The van der Waals surface area contributed by atoms with Gasteiger partial charge < -0.3 is 9.47 Å². The summed E-state index contributed by atoms with van der Waals surface area (Å²) in [6.45, 7) is 4.49. The Morgan fingerprint density at radius 3 is 2.25 bits per heavy atom. The molecule has 20 heavy (non-hydrogen) atoms. The molecule has 4 heteroatoms. The second-order valence-corrected chi connectivity index (χ2v) is 4.57. The summed E-state index contributed by atoms with van der Waals surface area (Å²) in [5.41, 5.74) is 1.02. The highest BCUT2D eigenvalue weighted by Gasteiger charge is 2.15. The fourth-order valence-corrected chi connectivity index (χ4v) is 1.82. The number of esters is 2. The van der Waals surface area contributed by atoms with E-state index in [1.165, 1.54) is 13.8 Å². The maximum atomic E-state index is 11.1. The molecule has 1 rings (SSSR count). The van der Waals surface area contributed by atoms with Crippen molar-refractivity contribution < 1.29 is 19.1 Å². The molecule has 0 saturated heterocycles. The van der Waals surface area contributed by atoms with Crippen LogP contribution >= 0.6 is 0 Å². The minimum absolute atomic E-state index is 0.308. The summed E-state index contributed by atoms with van der Waals surface area (Å²) in [7, 11) is 0. The Morgan fingerprint density at radius 1 is 1.10 bits per heavy atom. The maximum Gasteiger partial charge on any atom is 0.303 e. The third-order valence-electron chi connectivity index (χ3n) is 2.55. The largest absolute Gasteiger partial charge is 0.463 e. The fraction of sp³-hybridized carbons (Fsp3) is 0.375. The van der Waals surface area contributed by atoms with E-state index in [0.717, 1.165) is 5.56 Å². The third-order valence-corrected chi connectivity index (χ3v) is 2.55. The predicted octanol–water partition coefficient (Wildman–Crippen LogP) is 2.97. The van der Waals surface area contributed by atoms with Crippen molar-refractivity contribution in [2.24, 2.45) is 0 Å². The number of carbonyl (C=O) groups is 2. The summed E-state index contributed by atoms with van der Waals surface area (Å²) in [5, 5.41) is 0. The zero-order chi connectivity index (χ0) is 15.0. The smallest absolute Gasteiger partial charge is 0.303 e. The molecule has 1 aromatic rings. The van der Waals surface area contributed by atoms with Gasteiger partial charge in [-0.1, -0.05) is 36.4 Å². The van der Waals surface area contributed by atoms with Gasteiger partial charge in [-0.05, 0) is 18.6 Å². The van der Waals surface area contributed by atoms with E-state index in [-0.39, 0.29) is 18.0 Å². The SMILES string of the molecule is CC(=O)OC(C)CC(/C=C/c1ccccc1)OC(C)=O. The Kier molecular flexibility index (Phi) is 6.50. The molecule has 0 spiro atoms. The summed E-state index contributed by atoms with van der Waals surface area (Å²) in [4.78, 5) is 22.0. The maximum absolute atomic E-state index is 11.1. The van der Waals surface area contributed by atoms with E-state index in [1.54, 1.807) is 13.0 Å². The van der Waals surface area contributed by atoms with Crippen LogP contribution in [0.3, 0.4) is 0 Å². The van der Waals surface area contributed by atoms with E-state index < -0.39 is 6.10 Å². The molecule has 2 atom stereocenters. The van der Waals surface area contributed by atoms with Crippen LogP contribution in [0.15, 0.2) is 36.4 Å². The molecular weight excluding hydrogens is 256 g/mol. The third kappa shape index (κ3) is 6.73. The van der Waals surface area contributed by atoms with Crippen LogP contribution in [0.2, 0.25) is 0 Å². The fourth-order valence-electron chi connectivity index (χ4n) is 1.82. The van der Waals surface area contributed by atoms with Crippen LogP contribution in [0.4, 0.5) is 0 Å². The van der Waals surface area contributed by atoms with Gasteiger partial charge in [-0.15, -0.1) is 0 Å². The van der Waals surface area contributed by atoms with E-state index in [9.17, 15) is 9.59 Å². The van der Waals surface area contributed by atoms with Gasteiger partial charge >= 0.3 is 11.9 Å². The first-order valence-corrected chi connectivity index (χ1v) is 6.55. The summed E-state index contributed by atoms with van der Waals surface area (Å²) >= 11 is 0. The molecule has 0 aliphatic carbocycles. The average molecular weight is 276 g/mol. The van der Waals surface area contributed by atoms with Crippen molar-refractivity contribution in [1.82, 2.24) is 0 Å². The van der Waals surface area contributed by atoms with Gasteiger partial charge in [-0.3, -0.25) is 9.59 Å². The molecule has 0 aliphatic rings. The lowest BCUT2D eigenvalue weighted by Crippen LogP contribution is -2.22. The Labute approximate surface area is 119 Å². The van der Waals surface area contributed by atoms with Gasteiger partial charge in [0.1, 0.15) is 12.2 Å². The Morgan fingerprint density at radius 2 is 1.70 bits per heavy atom. The van der Waals surface area contributed by atoms with Crippen LogP contribution in [0.1, 0.15) is 32.8 Å². The molecule has 0 heterocycles. The lowest BCUT2D eigenvalue weighted by Gasteiger charge is -2.18. The Bertz CT molecular complexity index is 465. The molecule has 4 nitrogen and oxygen atoms in total. The molecule has 0 radical (unpaired) electrons. The second-order valence-electron chi connectivity index (χ2n) is 4.57. The molecule has 0 aromatic heterocycles.